The maximum atomic E-state index is 13.2. The van der Waals surface area contributed by atoms with E-state index in [1.165, 1.54) is 30.0 Å². The van der Waals surface area contributed by atoms with E-state index < -0.39 is 16.1 Å². The molecule has 1 aromatic carbocycles. The number of carbonyl (C=O) groups excluding carboxylic acids is 2. The minimum Gasteiger partial charge on any atom is -0.339 e. The van der Waals surface area contributed by atoms with E-state index in [2.05, 4.69) is 0 Å². The van der Waals surface area contributed by atoms with Gasteiger partial charge in [-0.3, -0.25) is 9.59 Å². The van der Waals surface area contributed by atoms with E-state index in [1.807, 2.05) is 4.90 Å². The van der Waals surface area contributed by atoms with Crippen molar-refractivity contribution >= 4 is 21.8 Å². The molecule has 4 rings (SSSR count). The minimum absolute atomic E-state index is 0.130. The Bertz CT molecular complexity index is 875. The summed E-state index contributed by atoms with van der Waals surface area (Å²) in [7, 11) is -3.69. The van der Waals surface area contributed by atoms with Gasteiger partial charge >= 0.3 is 0 Å². The highest BCUT2D eigenvalue weighted by Gasteiger charge is 2.41. The molecular formula is C23H33N3O4S. The van der Waals surface area contributed by atoms with Crippen molar-refractivity contribution in [3.05, 3.63) is 30.3 Å². The maximum absolute atomic E-state index is 13.2. The van der Waals surface area contributed by atoms with E-state index in [1.54, 1.807) is 35.2 Å². The zero-order valence-electron chi connectivity index (χ0n) is 18.1. The fourth-order valence-electron chi connectivity index (χ4n) is 5.17. The summed E-state index contributed by atoms with van der Waals surface area (Å²) in [5, 5.41) is 0. The number of sulfonamides is 1. The van der Waals surface area contributed by atoms with Crippen molar-refractivity contribution in [2.75, 3.05) is 32.7 Å². The molecule has 3 aliphatic rings. The summed E-state index contributed by atoms with van der Waals surface area (Å²) in [5.74, 6) is 0.759. The van der Waals surface area contributed by atoms with E-state index >= 15 is 0 Å². The molecular weight excluding hydrogens is 414 g/mol. The molecule has 8 heteroatoms. The Morgan fingerprint density at radius 2 is 1.48 bits per heavy atom. The smallest absolute Gasteiger partial charge is 0.243 e. The summed E-state index contributed by atoms with van der Waals surface area (Å²) in [6.45, 7) is 2.39. The van der Waals surface area contributed by atoms with Gasteiger partial charge in [-0.2, -0.15) is 4.31 Å². The van der Waals surface area contributed by atoms with Gasteiger partial charge in [0.05, 0.1) is 4.90 Å². The van der Waals surface area contributed by atoms with Crippen LogP contribution in [0.25, 0.3) is 0 Å². The van der Waals surface area contributed by atoms with Gasteiger partial charge in [0.1, 0.15) is 6.04 Å². The van der Waals surface area contributed by atoms with Crippen LogP contribution in [0.15, 0.2) is 35.2 Å². The average molecular weight is 448 g/mol. The van der Waals surface area contributed by atoms with Crippen LogP contribution in [0.4, 0.5) is 0 Å². The monoisotopic (exact) mass is 447 g/mol. The van der Waals surface area contributed by atoms with Crippen LogP contribution in [0.1, 0.15) is 51.4 Å². The molecule has 2 heterocycles. The first kappa shape index (κ1) is 22.3. The van der Waals surface area contributed by atoms with E-state index in [0.717, 1.165) is 6.42 Å². The molecule has 7 nitrogen and oxygen atoms in total. The third-order valence-electron chi connectivity index (χ3n) is 7.02. The first-order valence-electron chi connectivity index (χ1n) is 11.6. The van der Waals surface area contributed by atoms with Crippen LogP contribution in [0.2, 0.25) is 0 Å². The standard InChI is InChI=1S/C23H33N3O4S/c27-22(13-12-19-7-4-5-8-19)24-15-17-25(18-16-24)23(28)21-11-6-14-26(21)31(29,30)20-9-2-1-3-10-20/h1-3,9-10,19,21H,4-8,11-18H2. The second-order valence-corrected chi connectivity index (χ2v) is 10.9. The van der Waals surface area contributed by atoms with Crippen LogP contribution in [0.5, 0.6) is 0 Å². The van der Waals surface area contributed by atoms with E-state index in [4.69, 9.17) is 0 Å². The van der Waals surface area contributed by atoms with Gasteiger partial charge in [-0.05, 0) is 37.3 Å². The molecule has 2 amide bonds. The Balaban J connectivity index is 1.32. The van der Waals surface area contributed by atoms with Crippen molar-refractivity contribution in [2.45, 2.75) is 62.3 Å². The molecule has 1 aromatic rings. The van der Waals surface area contributed by atoms with Gasteiger partial charge in [-0.25, -0.2) is 8.42 Å². The van der Waals surface area contributed by atoms with E-state index in [9.17, 15) is 18.0 Å². The van der Waals surface area contributed by atoms with Crippen molar-refractivity contribution < 1.29 is 18.0 Å². The van der Waals surface area contributed by atoms with E-state index in [-0.39, 0.29) is 16.7 Å². The molecule has 1 unspecified atom stereocenters. The number of piperazine rings is 1. The number of nitrogens with zero attached hydrogens (tertiary/aromatic N) is 3. The quantitative estimate of drug-likeness (QED) is 0.671. The first-order valence-corrected chi connectivity index (χ1v) is 13.0. The van der Waals surface area contributed by atoms with Gasteiger partial charge in [0, 0.05) is 39.1 Å². The SMILES string of the molecule is O=C(CCC1CCCC1)N1CCN(C(=O)C2CCCN2S(=O)(=O)c2ccccc2)CC1. The Morgan fingerprint density at radius 1 is 0.839 bits per heavy atom. The molecule has 1 aliphatic carbocycles. The number of carbonyl (C=O) groups is 2. The highest BCUT2D eigenvalue weighted by molar-refractivity contribution is 7.89. The molecule has 2 saturated heterocycles. The van der Waals surface area contributed by atoms with Crippen molar-refractivity contribution in [3.8, 4) is 0 Å². The van der Waals surface area contributed by atoms with Gasteiger partial charge < -0.3 is 9.80 Å². The summed E-state index contributed by atoms with van der Waals surface area (Å²) in [6.07, 6.45) is 7.89. The number of hydrogen-bond acceptors (Lipinski definition) is 4. The second-order valence-electron chi connectivity index (χ2n) is 8.98. The predicted octanol–water partition coefficient (Wildman–Crippen LogP) is 2.48. The molecule has 0 bridgehead atoms. The molecule has 0 aromatic heterocycles. The summed E-state index contributed by atoms with van der Waals surface area (Å²) >= 11 is 0. The second kappa shape index (κ2) is 9.69. The zero-order valence-corrected chi connectivity index (χ0v) is 18.9. The minimum atomic E-state index is -3.69. The fraction of sp³-hybridized carbons (Fsp3) is 0.652. The summed E-state index contributed by atoms with van der Waals surface area (Å²) < 4.78 is 27.5. The normalized spacial score (nSPS) is 23.4. The third kappa shape index (κ3) is 4.95. The van der Waals surface area contributed by atoms with Gasteiger partial charge in [0.2, 0.25) is 21.8 Å². The average Bonchev–Trinajstić information content (AvgIpc) is 3.50. The number of amides is 2. The highest BCUT2D eigenvalue weighted by Crippen LogP contribution is 2.29. The van der Waals surface area contributed by atoms with Gasteiger partial charge in [-0.15, -0.1) is 0 Å². The lowest BCUT2D eigenvalue weighted by Crippen LogP contribution is -2.55. The molecule has 31 heavy (non-hydrogen) atoms. The van der Waals surface area contributed by atoms with Gasteiger partial charge in [0.15, 0.2) is 0 Å². The zero-order chi connectivity index (χ0) is 21.8. The molecule has 1 atom stereocenters. The summed E-state index contributed by atoms with van der Waals surface area (Å²) in [5.41, 5.74) is 0. The van der Waals surface area contributed by atoms with Crippen molar-refractivity contribution in [1.82, 2.24) is 14.1 Å². The lowest BCUT2D eigenvalue weighted by atomic mass is 10.0. The molecule has 0 radical (unpaired) electrons. The van der Waals surface area contributed by atoms with Crippen LogP contribution in [-0.2, 0) is 19.6 Å². The maximum Gasteiger partial charge on any atom is 0.243 e. The fourth-order valence-corrected chi connectivity index (χ4v) is 6.85. The predicted molar refractivity (Wildman–Crippen MR) is 118 cm³/mol. The molecule has 0 spiro atoms. The topological polar surface area (TPSA) is 78.0 Å². The number of hydrogen-bond donors (Lipinski definition) is 0. The van der Waals surface area contributed by atoms with Crippen LogP contribution < -0.4 is 0 Å². The summed E-state index contributed by atoms with van der Waals surface area (Å²) in [6, 6.07) is 7.68. The number of rotatable bonds is 6. The Morgan fingerprint density at radius 3 is 2.16 bits per heavy atom. The van der Waals surface area contributed by atoms with Gasteiger partial charge in [-0.1, -0.05) is 43.9 Å². The molecule has 0 N–H and O–H groups in total. The molecule has 170 valence electrons. The van der Waals surface area contributed by atoms with E-state index in [0.29, 0.717) is 57.9 Å². The van der Waals surface area contributed by atoms with Crippen LogP contribution >= 0.6 is 0 Å². The highest BCUT2D eigenvalue weighted by atomic mass is 32.2. The Hall–Kier alpha value is -1.93. The van der Waals surface area contributed by atoms with Crippen LogP contribution in [0, 0.1) is 5.92 Å². The van der Waals surface area contributed by atoms with Gasteiger partial charge in [0.25, 0.3) is 0 Å². The Kier molecular flexibility index (Phi) is 6.96. The lowest BCUT2D eigenvalue weighted by molar-refractivity contribution is -0.141. The number of benzene rings is 1. The van der Waals surface area contributed by atoms with Crippen LogP contribution in [0.3, 0.4) is 0 Å². The molecule has 3 fully saturated rings. The van der Waals surface area contributed by atoms with Crippen molar-refractivity contribution in [3.63, 3.8) is 0 Å². The third-order valence-corrected chi connectivity index (χ3v) is 8.95. The first-order chi connectivity index (χ1) is 15.0. The largest absolute Gasteiger partial charge is 0.339 e. The van der Waals surface area contributed by atoms with Crippen LogP contribution in [-0.4, -0.2) is 73.1 Å². The molecule has 1 saturated carbocycles. The molecule has 2 aliphatic heterocycles. The lowest BCUT2D eigenvalue weighted by Gasteiger charge is -2.37. The Labute approximate surface area is 185 Å². The summed E-state index contributed by atoms with van der Waals surface area (Å²) in [4.78, 5) is 29.6. The van der Waals surface area contributed by atoms with Crippen molar-refractivity contribution in [1.29, 1.82) is 0 Å². The van der Waals surface area contributed by atoms with Crippen molar-refractivity contribution in [2.24, 2.45) is 5.92 Å².